The van der Waals surface area contributed by atoms with Crippen LogP contribution in [0.2, 0.25) is 0 Å². The second-order valence-corrected chi connectivity index (χ2v) is 4.15. The highest BCUT2D eigenvalue weighted by Crippen LogP contribution is 2.30. The van der Waals surface area contributed by atoms with Crippen molar-refractivity contribution >= 4 is 11.8 Å². The monoisotopic (exact) mass is 221 g/mol. The van der Waals surface area contributed by atoms with Crippen molar-refractivity contribution in [2.24, 2.45) is 0 Å². The van der Waals surface area contributed by atoms with Crippen LogP contribution < -0.4 is 4.90 Å². The zero-order valence-corrected chi connectivity index (χ0v) is 9.47. The van der Waals surface area contributed by atoms with Crippen molar-refractivity contribution < 1.29 is 9.90 Å². The normalized spacial score (nSPS) is 14.9. The number of carboxylic acids is 1. The van der Waals surface area contributed by atoms with Crippen LogP contribution in [0.5, 0.6) is 0 Å². The molecule has 5 nitrogen and oxygen atoms in total. The molecule has 16 heavy (non-hydrogen) atoms. The lowest BCUT2D eigenvalue weighted by Crippen LogP contribution is -2.32. The third-order valence-electron chi connectivity index (χ3n) is 2.77. The summed E-state index contributed by atoms with van der Waals surface area (Å²) in [6, 6.07) is 0.326. The molecule has 1 aliphatic rings. The predicted octanol–water partition coefficient (Wildman–Crippen LogP) is 1.15. The van der Waals surface area contributed by atoms with Crippen molar-refractivity contribution in [2.45, 2.75) is 32.7 Å². The number of carboxylic acid groups (broad SMARTS) is 1. The maximum Gasteiger partial charge on any atom is 0.323 e. The van der Waals surface area contributed by atoms with Crippen molar-refractivity contribution in [3.63, 3.8) is 0 Å². The van der Waals surface area contributed by atoms with Gasteiger partial charge < -0.3 is 10.0 Å². The van der Waals surface area contributed by atoms with Gasteiger partial charge in [-0.1, -0.05) is 0 Å². The first-order chi connectivity index (χ1) is 7.58. The Labute approximate surface area is 94.1 Å². The summed E-state index contributed by atoms with van der Waals surface area (Å²) in [5.74, 6) is -0.153. The molecular formula is C11H15N3O2. The van der Waals surface area contributed by atoms with E-state index in [0.717, 1.165) is 24.2 Å². The number of hydrogen-bond acceptors (Lipinski definition) is 4. The van der Waals surface area contributed by atoms with Crippen LogP contribution in [0.3, 0.4) is 0 Å². The molecule has 1 aromatic heterocycles. The highest BCUT2D eigenvalue weighted by molar-refractivity contribution is 5.73. The molecule has 0 aliphatic heterocycles. The maximum absolute atomic E-state index is 10.8. The van der Waals surface area contributed by atoms with E-state index in [2.05, 4.69) is 9.97 Å². The number of anilines is 1. The number of aromatic nitrogens is 2. The van der Waals surface area contributed by atoms with Gasteiger partial charge in [0.2, 0.25) is 0 Å². The first-order valence-electron chi connectivity index (χ1n) is 5.36. The zero-order valence-electron chi connectivity index (χ0n) is 9.47. The van der Waals surface area contributed by atoms with Gasteiger partial charge in [0.15, 0.2) is 0 Å². The van der Waals surface area contributed by atoms with Gasteiger partial charge in [0, 0.05) is 6.04 Å². The fourth-order valence-electron chi connectivity index (χ4n) is 1.60. The Bertz CT molecular complexity index is 416. The number of nitrogens with zero attached hydrogens (tertiary/aromatic N) is 3. The summed E-state index contributed by atoms with van der Waals surface area (Å²) >= 11 is 0. The molecule has 0 bridgehead atoms. The first kappa shape index (κ1) is 10.9. The topological polar surface area (TPSA) is 66.3 Å². The smallest absolute Gasteiger partial charge is 0.323 e. The van der Waals surface area contributed by atoms with E-state index in [0.29, 0.717) is 11.9 Å². The lowest BCUT2D eigenvalue weighted by atomic mass is 10.3. The van der Waals surface area contributed by atoms with E-state index in [9.17, 15) is 4.79 Å². The summed E-state index contributed by atoms with van der Waals surface area (Å²) in [6.45, 7) is 3.78. The molecule has 5 heteroatoms. The summed E-state index contributed by atoms with van der Waals surface area (Å²) in [6.07, 6.45) is 3.74. The average Bonchev–Trinajstić information content (AvgIpc) is 3.02. The second-order valence-electron chi connectivity index (χ2n) is 4.15. The molecule has 0 atom stereocenters. The van der Waals surface area contributed by atoms with E-state index >= 15 is 0 Å². The number of carbonyl (C=O) groups is 1. The van der Waals surface area contributed by atoms with Crippen molar-refractivity contribution in [3.8, 4) is 0 Å². The molecule has 1 fully saturated rings. The minimum absolute atomic E-state index is 0.00183. The Kier molecular flexibility index (Phi) is 2.77. The highest BCUT2D eigenvalue weighted by Gasteiger charge is 2.31. The van der Waals surface area contributed by atoms with Gasteiger partial charge in [0.05, 0.1) is 17.6 Å². The molecule has 0 aromatic carbocycles. The molecular weight excluding hydrogens is 206 g/mol. The van der Waals surface area contributed by atoms with Gasteiger partial charge in [-0.3, -0.25) is 9.78 Å². The fraction of sp³-hybridized carbons (Fsp3) is 0.545. The molecule has 0 spiro atoms. The zero-order chi connectivity index (χ0) is 11.7. The third-order valence-corrected chi connectivity index (χ3v) is 2.77. The maximum atomic E-state index is 10.8. The van der Waals surface area contributed by atoms with Crippen LogP contribution in [0.25, 0.3) is 0 Å². The van der Waals surface area contributed by atoms with Crippen molar-refractivity contribution in [3.05, 3.63) is 17.6 Å². The minimum atomic E-state index is -0.827. The molecule has 1 aromatic rings. The highest BCUT2D eigenvalue weighted by atomic mass is 16.4. The number of hydrogen-bond donors (Lipinski definition) is 1. The van der Waals surface area contributed by atoms with Crippen LogP contribution in [0.1, 0.15) is 24.2 Å². The van der Waals surface area contributed by atoms with E-state index in [-0.39, 0.29) is 6.54 Å². The Hall–Kier alpha value is -1.65. The van der Waals surface area contributed by atoms with Gasteiger partial charge in [-0.05, 0) is 26.7 Å². The third kappa shape index (κ3) is 2.29. The summed E-state index contributed by atoms with van der Waals surface area (Å²) in [4.78, 5) is 21.2. The van der Waals surface area contributed by atoms with Crippen LogP contribution in [0, 0.1) is 13.8 Å². The lowest BCUT2D eigenvalue weighted by molar-refractivity contribution is -0.135. The standard InChI is InChI=1S/C11H15N3O2/c1-7-8(2)13-10(5-12-7)14(6-11(15)16)9-3-4-9/h5,9H,3-4,6H2,1-2H3,(H,15,16). The van der Waals surface area contributed by atoms with Gasteiger partial charge in [0.25, 0.3) is 0 Å². The van der Waals surface area contributed by atoms with Crippen LogP contribution in [0.4, 0.5) is 5.82 Å². The molecule has 0 saturated heterocycles. The molecule has 86 valence electrons. The second kappa shape index (κ2) is 4.08. The molecule has 1 aliphatic carbocycles. The van der Waals surface area contributed by atoms with Crippen molar-refractivity contribution in [1.29, 1.82) is 0 Å². The largest absolute Gasteiger partial charge is 0.480 e. The van der Waals surface area contributed by atoms with E-state index in [4.69, 9.17) is 5.11 Å². The first-order valence-corrected chi connectivity index (χ1v) is 5.36. The minimum Gasteiger partial charge on any atom is -0.480 e. The number of rotatable bonds is 4. The average molecular weight is 221 g/mol. The Morgan fingerprint density at radius 3 is 2.69 bits per heavy atom. The van der Waals surface area contributed by atoms with Gasteiger partial charge in [-0.2, -0.15) is 0 Å². The predicted molar refractivity (Wildman–Crippen MR) is 59.5 cm³/mol. The summed E-state index contributed by atoms with van der Waals surface area (Å²) < 4.78 is 0. The lowest BCUT2D eigenvalue weighted by Gasteiger charge is -2.21. The molecule has 0 radical (unpaired) electrons. The van der Waals surface area contributed by atoms with Crippen LogP contribution in [-0.4, -0.2) is 33.6 Å². The number of aryl methyl sites for hydroxylation is 2. The molecule has 1 N–H and O–H groups in total. The summed E-state index contributed by atoms with van der Waals surface area (Å²) in [7, 11) is 0. The summed E-state index contributed by atoms with van der Waals surface area (Å²) in [5.41, 5.74) is 1.74. The summed E-state index contributed by atoms with van der Waals surface area (Å²) in [5, 5.41) is 8.86. The van der Waals surface area contributed by atoms with Gasteiger partial charge >= 0.3 is 5.97 Å². The fourth-order valence-corrected chi connectivity index (χ4v) is 1.60. The van der Waals surface area contributed by atoms with E-state index in [1.54, 1.807) is 6.20 Å². The Morgan fingerprint density at radius 1 is 1.50 bits per heavy atom. The molecule has 1 heterocycles. The van der Waals surface area contributed by atoms with Crippen molar-refractivity contribution in [1.82, 2.24) is 9.97 Å². The van der Waals surface area contributed by atoms with Gasteiger partial charge in [-0.15, -0.1) is 0 Å². The van der Waals surface area contributed by atoms with Crippen LogP contribution >= 0.6 is 0 Å². The van der Waals surface area contributed by atoms with Crippen LogP contribution in [0.15, 0.2) is 6.20 Å². The van der Waals surface area contributed by atoms with E-state index < -0.39 is 5.97 Å². The Balaban J connectivity index is 2.24. The van der Waals surface area contributed by atoms with Crippen molar-refractivity contribution in [2.75, 3.05) is 11.4 Å². The molecule has 0 unspecified atom stereocenters. The molecule has 2 rings (SSSR count). The molecule has 1 saturated carbocycles. The SMILES string of the molecule is Cc1ncc(N(CC(=O)O)C2CC2)nc1C. The molecule has 0 amide bonds. The van der Waals surface area contributed by atoms with Gasteiger partial charge in [0.1, 0.15) is 12.4 Å². The van der Waals surface area contributed by atoms with E-state index in [1.807, 2.05) is 18.7 Å². The van der Waals surface area contributed by atoms with Gasteiger partial charge in [-0.25, -0.2) is 4.98 Å². The quantitative estimate of drug-likeness (QED) is 0.826. The van der Waals surface area contributed by atoms with E-state index in [1.165, 1.54) is 0 Å². The number of aliphatic carboxylic acids is 1. The van der Waals surface area contributed by atoms with Crippen LogP contribution in [-0.2, 0) is 4.79 Å². The Morgan fingerprint density at radius 2 is 2.19 bits per heavy atom.